The molecule has 0 atom stereocenters. The molecule has 0 aliphatic rings. The third kappa shape index (κ3) is 5.64. The number of hydrogen-bond donors (Lipinski definition) is 0. The highest BCUT2D eigenvalue weighted by Crippen LogP contribution is 2.18. The second-order valence-corrected chi connectivity index (χ2v) is 5.74. The zero-order chi connectivity index (χ0) is 18.2. The normalized spacial score (nSPS) is 10.4. The summed E-state index contributed by atoms with van der Waals surface area (Å²) in [6.45, 7) is 6.17. The minimum absolute atomic E-state index is 0.188. The topological polar surface area (TPSA) is 61.8 Å². The summed E-state index contributed by atoms with van der Waals surface area (Å²) in [4.78, 5) is 24.0. The van der Waals surface area contributed by atoms with Gasteiger partial charge in [-0.3, -0.25) is 0 Å². The summed E-state index contributed by atoms with van der Waals surface area (Å²) < 4.78 is 16.0. The minimum atomic E-state index is -0.487. The van der Waals surface area contributed by atoms with Crippen LogP contribution in [-0.2, 0) is 4.74 Å². The van der Waals surface area contributed by atoms with Crippen LogP contribution in [-0.4, -0.2) is 24.6 Å². The third-order valence-electron chi connectivity index (χ3n) is 3.19. The molecule has 0 amide bonds. The lowest BCUT2D eigenvalue weighted by Crippen LogP contribution is -2.12. The van der Waals surface area contributed by atoms with Gasteiger partial charge < -0.3 is 14.2 Å². The zero-order valence-corrected chi connectivity index (χ0v) is 14.7. The lowest BCUT2D eigenvalue weighted by atomic mass is 10.2. The van der Waals surface area contributed by atoms with Crippen molar-refractivity contribution in [3.63, 3.8) is 0 Å². The maximum Gasteiger partial charge on any atom is 0.343 e. The molecule has 0 radical (unpaired) electrons. The number of carbonyl (C=O) groups is 2. The SMILES string of the molecule is CCCOc1cccc(C(=O)Oc2ccc(C(=O)OC(C)C)cc2)c1. The quantitative estimate of drug-likeness (QED) is 0.556. The highest BCUT2D eigenvalue weighted by atomic mass is 16.5. The van der Waals surface area contributed by atoms with E-state index in [0.29, 0.717) is 29.2 Å². The van der Waals surface area contributed by atoms with Gasteiger partial charge in [0.05, 0.1) is 23.8 Å². The molecule has 0 aromatic heterocycles. The van der Waals surface area contributed by atoms with E-state index >= 15 is 0 Å². The van der Waals surface area contributed by atoms with Crippen LogP contribution in [0, 0.1) is 0 Å². The molecule has 132 valence electrons. The predicted molar refractivity (Wildman–Crippen MR) is 94.2 cm³/mol. The van der Waals surface area contributed by atoms with Crippen molar-refractivity contribution in [1.82, 2.24) is 0 Å². The van der Waals surface area contributed by atoms with Crippen molar-refractivity contribution in [3.05, 3.63) is 59.7 Å². The molecule has 0 fully saturated rings. The van der Waals surface area contributed by atoms with Crippen molar-refractivity contribution in [2.24, 2.45) is 0 Å². The van der Waals surface area contributed by atoms with Crippen LogP contribution in [0.15, 0.2) is 48.5 Å². The summed E-state index contributed by atoms with van der Waals surface area (Å²) in [6, 6.07) is 13.1. The fourth-order valence-corrected chi connectivity index (χ4v) is 2.04. The first-order valence-corrected chi connectivity index (χ1v) is 8.25. The minimum Gasteiger partial charge on any atom is -0.494 e. The van der Waals surface area contributed by atoms with E-state index in [2.05, 4.69) is 0 Å². The molecule has 0 saturated heterocycles. The van der Waals surface area contributed by atoms with Crippen molar-refractivity contribution < 1.29 is 23.8 Å². The number of rotatable bonds is 7. The summed E-state index contributed by atoms with van der Waals surface area (Å²) in [5, 5.41) is 0. The Morgan fingerprint density at radius 3 is 2.28 bits per heavy atom. The molecule has 0 aliphatic heterocycles. The summed E-state index contributed by atoms with van der Waals surface area (Å²) in [5.74, 6) is 0.0853. The molecule has 2 aromatic rings. The van der Waals surface area contributed by atoms with Gasteiger partial charge in [0.25, 0.3) is 0 Å². The molecule has 25 heavy (non-hydrogen) atoms. The van der Waals surface area contributed by atoms with Crippen molar-refractivity contribution in [2.45, 2.75) is 33.3 Å². The van der Waals surface area contributed by atoms with E-state index < -0.39 is 11.9 Å². The lowest BCUT2D eigenvalue weighted by molar-refractivity contribution is 0.0378. The largest absolute Gasteiger partial charge is 0.494 e. The van der Waals surface area contributed by atoms with E-state index in [1.54, 1.807) is 62.4 Å². The fourth-order valence-electron chi connectivity index (χ4n) is 2.04. The Hall–Kier alpha value is -2.82. The molecule has 5 nitrogen and oxygen atoms in total. The summed E-state index contributed by atoms with van der Waals surface area (Å²) in [5.41, 5.74) is 0.806. The maximum atomic E-state index is 12.2. The average Bonchev–Trinajstić information content (AvgIpc) is 2.60. The van der Waals surface area contributed by atoms with Gasteiger partial charge in [0.2, 0.25) is 0 Å². The lowest BCUT2D eigenvalue weighted by Gasteiger charge is -2.09. The van der Waals surface area contributed by atoms with Gasteiger partial charge in [-0.1, -0.05) is 13.0 Å². The average molecular weight is 342 g/mol. The third-order valence-corrected chi connectivity index (χ3v) is 3.19. The number of ether oxygens (including phenoxy) is 3. The first kappa shape index (κ1) is 18.5. The van der Waals surface area contributed by atoms with E-state index in [0.717, 1.165) is 6.42 Å². The van der Waals surface area contributed by atoms with Crippen LogP contribution in [0.4, 0.5) is 0 Å². The van der Waals surface area contributed by atoms with Gasteiger partial charge in [0.1, 0.15) is 11.5 Å². The molecule has 2 rings (SSSR count). The van der Waals surface area contributed by atoms with Gasteiger partial charge in [-0.25, -0.2) is 9.59 Å². The first-order chi connectivity index (χ1) is 12.0. The van der Waals surface area contributed by atoms with Crippen LogP contribution in [0.3, 0.4) is 0 Å². The Balaban J connectivity index is 2.02. The highest BCUT2D eigenvalue weighted by Gasteiger charge is 2.12. The van der Waals surface area contributed by atoms with Gasteiger partial charge in [-0.2, -0.15) is 0 Å². The number of hydrogen-bond acceptors (Lipinski definition) is 5. The molecule has 0 N–H and O–H groups in total. The molecule has 2 aromatic carbocycles. The Bertz CT molecular complexity index is 719. The smallest absolute Gasteiger partial charge is 0.343 e. The summed E-state index contributed by atoms with van der Waals surface area (Å²) in [7, 11) is 0. The molecule has 0 unspecified atom stereocenters. The Labute approximate surface area is 147 Å². The van der Waals surface area contributed by atoms with E-state index in [4.69, 9.17) is 14.2 Å². The van der Waals surface area contributed by atoms with E-state index in [-0.39, 0.29) is 6.10 Å². The number of carbonyl (C=O) groups excluding carboxylic acids is 2. The highest BCUT2D eigenvalue weighted by molar-refractivity contribution is 5.92. The van der Waals surface area contributed by atoms with Gasteiger partial charge >= 0.3 is 11.9 Å². The second-order valence-electron chi connectivity index (χ2n) is 5.74. The summed E-state index contributed by atoms with van der Waals surface area (Å²) >= 11 is 0. The number of benzene rings is 2. The van der Waals surface area contributed by atoms with Gasteiger partial charge in [-0.05, 0) is 62.7 Å². The molecule has 5 heteroatoms. The van der Waals surface area contributed by atoms with Gasteiger partial charge in [-0.15, -0.1) is 0 Å². The first-order valence-electron chi connectivity index (χ1n) is 8.25. The van der Waals surface area contributed by atoms with E-state index in [9.17, 15) is 9.59 Å². The molecular weight excluding hydrogens is 320 g/mol. The number of esters is 2. The van der Waals surface area contributed by atoms with E-state index in [1.165, 1.54) is 0 Å². The Morgan fingerprint density at radius 1 is 0.920 bits per heavy atom. The maximum absolute atomic E-state index is 12.2. The van der Waals surface area contributed by atoms with Crippen LogP contribution in [0.1, 0.15) is 47.9 Å². The molecule has 0 spiro atoms. The van der Waals surface area contributed by atoms with Crippen molar-refractivity contribution in [1.29, 1.82) is 0 Å². The van der Waals surface area contributed by atoms with Crippen molar-refractivity contribution >= 4 is 11.9 Å². The van der Waals surface area contributed by atoms with Crippen LogP contribution in [0.5, 0.6) is 11.5 Å². The Kier molecular flexibility index (Phi) is 6.57. The van der Waals surface area contributed by atoms with Crippen LogP contribution in [0.2, 0.25) is 0 Å². The summed E-state index contributed by atoms with van der Waals surface area (Å²) in [6.07, 6.45) is 0.701. The fraction of sp³-hybridized carbons (Fsp3) is 0.300. The predicted octanol–water partition coefficient (Wildman–Crippen LogP) is 4.26. The molecule has 0 saturated carbocycles. The second kappa shape index (κ2) is 8.87. The van der Waals surface area contributed by atoms with Crippen LogP contribution >= 0.6 is 0 Å². The monoisotopic (exact) mass is 342 g/mol. The molecular formula is C20H22O5. The zero-order valence-electron chi connectivity index (χ0n) is 14.7. The molecule has 0 bridgehead atoms. The van der Waals surface area contributed by atoms with Crippen LogP contribution in [0.25, 0.3) is 0 Å². The van der Waals surface area contributed by atoms with Crippen molar-refractivity contribution in [3.8, 4) is 11.5 Å². The van der Waals surface area contributed by atoms with Crippen molar-refractivity contribution in [2.75, 3.05) is 6.61 Å². The van der Waals surface area contributed by atoms with Crippen LogP contribution < -0.4 is 9.47 Å². The molecule has 0 heterocycles. The molecule has 0 aliphatic carbocycles. The van der Waals surface area contributed by atoms with Gasteiger partial charge in [0.15, 0.2) is 0 Å². The van der Waals surface area contributed by atoms with E-state index in [1.807, 2.05) is 6.92 Å². The standard InChI is InChI=1S/C20H22O5/c1-4-12-23-18-7-5-6-16(13-18)20(22)25-17-10-8-15(9-11-17)19(21)24-14(2)3/h5-11,13-14H,4,12H2,1-3H3. The van der Waals surface area contributed by atoms with Gasteiger partial charge in [0, 0.05) is 0 Å². The Morgan fingerprint density at radius 2 is 1.64 bits per heavy atom.